The molecule has 2 fully saturated rings. The minimum absolute atomic E-state index is 0. The third kappa shape index (κ3) is 7.13. The zero-order valence-corrected chi connectivity index (χ0v) is 17.3. The highest BCUT2D eigenvalue weighted by molar-refractivity contribution is 14.0. The molecular weight excluding hydrogens is 429 g/mol. The number of sulfone groups is 1. The first kappa shape index (κ1) is 21.0. The van der Waals surface area contributed by atoms with Crippen LogP contribution in [0.15, 0.2) is 4.99 Å². The largest absolute Gasteiger partial charge is 0.381 e. The van der Waals surface area contributed by atoms with Gasteiger partial charge in [0.25, 0.3) is 0 Å². The lowest BCUT2D eigenvalue weighted by molar-refractivity contribution is 0.0283. The lowest BCUT2D eigenvalue weighted by atomic mass is 9.83. The lowest BCUT2D eigenvalue weighted by Gasteiger charge is -2.32. The van der Waals surface area contributed by atoms with Crippen molar-refractivity contribution >= 4 is 39.8 Å². The molecule has 2 N–H and O–H groups in total. The summed E-state index contributed by atoms with van der Waals surface area (Å²) in [5.74, 6) is 1.62. The van der Waals surface area contributed by atoms with Gasteiger partial charge in [0.05, 0.1) is 11.5 Å². The minimum atomic E-state index is -2.81. The van der Waals surface area contributed by atoms with Crippen molar-refractivity contribution in [3.63, 3.8) is 0 Å². The Bertz CT molecular complexity index is 490. The maximum Gasteiger partial charge on any atom is 0.191 e. The predicted molar refractivity (Wildman–Crippen MR) is 104 cm³/mol. The van der Waals surface area contributed by atoms with Gasteiger partial charge in [0.2, 0.25) is 0 Å². The van der Waals surface area contributed by atoms with Crippen LogP contribution in [0.2, 0.25) is 0 Å². The van der Waals surface area contributed by atoms with Crippen LogP contribution in [-0.2, 0) is 14.6 Å². The number of aliphatic imine (C=N–C) groups is 1. The third-order valence-electron chi connectivity index (χ3n) is 4.55. The first-order chi connectivity index (χ1) is 10.4. The highest BCUT2D eigenvalue weighted by Gasteiger charge is 2.29. The van der Waals surface area contributed by atoms with Crippen LogP contribution in [0.25, 0.3) is 0 Å². The smallest absolute Gasteiger partial charge is 0.191 e. The second-order valence-electron chi connectivity index (χ2n) is 6.77. The van der Waals surface area contributed by atoms with Crippen molar-refractivity contribution in [3.8, 4) is 0 Å². The Morgan fingerprint density at radius 1 is 1.30 bits per heavy atom. The molecule has 0 amide bonds. The summed E-state index contributed by atoms with van der Waals surface area (Å²) in [4.78, 5) is 4.70. The van der Waals surface area contributed by atoms with Crippen LogP contribution in [0.1, 0.15) is 33.1 Å². The predicted octanol–water partition coefficient (Wildman–Crippen LogP) is 1.41. The number of rotatable bonds is 5. The highest BCUT2D eigenvalue weighted by Crippen LogP contribution is 2.29. The number of guanidine groups is 1. The van der Waals surface area contributed by atoms with Crippen molar-refractivity contribution in [3.05, 3.63) is 0 Å². The van der Waals surface area contributed by atoms with Gasteiger partial charge in [-0.25, -0.2) is 8.42 Å². The quantitative estimate of drug-likeness (QED) is 0.369. The maximum atomic E-state index is 11.5. The van der Waals surface area contributed by atoms with Crippen LogP contribution in [0, 0.1) is 11.3 Å². The molecule has 0 bridgehead atoms. The van der Waals surface area contributed by atoms with E-state index in [1.807, 2.05) is 6.92 Å². The van der Waals surface area contributed by atoms with E-state index in [9.17, 15) is 8.42 Å². The van der Waals surface area contributed by atoms with Crippen molar-refractivity contribution < 1.29 is 13.2 Å². The molecule has 0 aromatic heterocycles. The molecule has 0 spiro atoms. The molecule has 2 aliphatic rings. The Labute approximate surface area is 157 Å². The van der Waals surface area contributed by atoms with E-state index in [-0.39, 0.29) is 35.3 Å². The molecule has 2 saturated heterocycles. The minimum Gasteiger partial charge on any atom is -0.381 e. The number of hydrogen-bond acceptors (Lipinski definition) is 4. The molecule has 0 aromatic carbocycles. The first-order valence-electron chi connectivity index (χ1n) is 8.23. The normalized spacial score (nSPS) is 26.3. The number of halogens is 1. The van der Waals surface area contributed by atoms with Crippen LogP contribution in [0.5, 0.6) is 0 Å². The van der Waals surface area contributed by atoms with E-state index in [2.05, 4.69) is 17.6 Å². The van der Waals surface area contributed by atoms with Crippen LogP contribution in [0.3, 0.4) is 0 Å². The fraction of sp³-hybridized carbons (Fsp3) is 0.933. The van der Waals surface area contributed by atoms with Crippen LogP contribution < -0.4 is 10.6 Å². The van der Waals surface area contributed by atoms with Gasteiger partial charge in [-0.05, 0) is 37.5 Å². The summed E-state index contributed by atoms with van der Waals surface area (Å²) in [6.45, 7) is 8.17. The second-order valence-corrected chi connectivity index (χ2v) is 9.00. The Morgan fingerprint density at radius 3 is 2.57 bits per heavy atom. The molecule has 23 heavy (non-hydrogen) atoms. The summed E-state index contributed by atoms with van der Waals surface area (Å²) >= 11 is 0. The summed E-state index contributed by atoms with van der Waals surface area (Å²) in [6, 6.07) is 0. The number of ether oxygens (including phenoxy) is 1. The molecule has 0 radical (unpaired) electrons. The van der Waals surface area contributed by atoms with E-state index in [4.69, 9.17) is 9.73 Å². The molecule has 0 aliphatic carbocycles. The standard InChI is InChI=1S/C15H29N3O3S.HI/c1-3-16-14(17-10-13-4-9-22(19,20)11-13)18-12-15(2)5-7-21-8-6-15;/h13H,3-12H2,1-2H3,(H2,16,17,18);1H. The van der Waals surface area contributed by atoms with Crippen molar-refractivity contribution in [2.45, 2.75) is 33.1 Å². The van der Waals surface area contributed by atoms with Gasteiger partial charge in [-0.1, -0.05) is 6.92 Å². The molecular formula is C15H30IN3O3S. The Balaban J connectivity index is 0.00000264. The summed E-state index contributed by atoms with van der Waals surface area (Å²) in [6.07, 6.45) is 2.83. The van der Waals surface area contributed by atoms with Gasteiger partial charge in [0.15, 0.2) is 15.8 Å². The van der Waals surface area contributed by atoms with Crippen molar-refractivity contribution in [2.75, 3.05) is 44.4 Å². The average Bonchev–Trinajstić information content (AvgIpc) is 2.82. The van der Waals surface area contributed by atoms with Crippen molar-refractivity contribution in [1.82, 2.24) is 10.6 Å². The van der Waals surface area contributed by atoms with Crippen molar-refractivity contribution in [1.29, 1.82) is 0 Å². The molecule has 1 unspecified atom stereocenters. The maximum absolute atomic E-state index is 11.5. The topological polar surface area (TPSA) is 79.8 Å². The van der Waals surface area contributed by atoms with E-state index < -0.39 is 9.84 Å². The van der Waals surface area contributed by atoms with Crippen LogP contribution in [-0.4, -0.2) is 58.7 Å². The van der Waals surface area contributed by atoms with Gasteiger partial charge >= 0.3 is 0 Å². The number of nitrogens with zero attached hydrogens (tertiary/aromatic N) is 1. The Kier molecular flexibility index (Phi) is 8.57. The lowest BCUT2D eigenvalue weighted by Crippen LogP contribution is -2.41. The van der Waals surface area contributed by atoms with Gasteiger partial charge < -0.3 is 15.4 Å². The molecule has 8 heteroatoms. The summed E-state index contributed by atoms with van der Waals surface area (Å²) < 4.78 is 28.4. The molecule has 6 nitrogen and oxygen atoms in total. The summed E-state index contributed by atoms with van der Waals surface area (Å²) in [5, 5.41) is 6.54. The highest BCUT2D eigenvalue weighted by atomic mass is 127. The zero-order valence-electron chi connectivity index (χ0n) is 14.1. The average molecular weight is 459 g/mol. The molecule has 0 saturated carbocycles. The molecule has 136 valence electrons. The van der Waals surface area contributed by atoms with Gasteiger partial charge in [-0.3, -0.25) is 4.99 Å². The fourth-order valence-corrected chi connectivity index (χ4v) is 4.77. The van der Waals surface area contributed by atoms with E-state index in [1.165, 1.54) is 0 Å². The van der Waals surface area contributed by atoms with E-state index in [1.54, 1.807) is 0 Å². The second kappa shape index (κ2) is 9.41. The van der Waals surface area contributed by atoms with Gasteiger partial charge in [-0.15, -0.1) is 24.0 Å². The van der Waals surface area contributed by atoms with E-state index in [0.717, 1.165) is 51.5 Å². The SMILES string of the molecule is CCNC(=NCC1(C)CCOCC1)NCC1CCS(=O)(=O)C1.I. The Morgan fingerprint density at radius 2 is 2.00 bits per heavy atom. The molecule has 2 aliphatic heterocycles. The fourth-order valence-electron chi connectivity index (χ4n) is 2.91. The van der Waals surface area contributed by atoms with Gasteiger partial charge in [-0.2, -0.15) is 0 Å². The number of nitrogens with one attached hydrogen (secondary N) is 2. The van der Waals surface area contributed by atoms with Crippen LogP contribution >= 0.6 is 24.0 Å². The van der Waals surface area contributed by atoms with Gasteiger partial charge in [0.1, 0.15) is 0 Å². The Hall–Kier alpha value is -0.0900. The first-order valence-corrected chi connectivity index (χ1v) is 10.0. The number of hydrogen-bond donors (Lipinski definition) is 2. The van der Waals surface area contributed by atoms with E-state index in [0.29, 0.717) is 18.1 Å². The van der Waals surface area contributed by atoms with Gasteiger partial charge in [0, 0.05) is 32.8 Å². The van der Waals surface area contributed by atoms with E-state index >= 15 is 0 Å². The zero-order chi connectivity index (χ0) is 16.1. The monoisotopic (exact) mass is 459 g/mol. The molecule has 0 aromatic rings. The molecule has 2 rings (SSSR count). The third-order valence-corrected chi connectivity index (χ3v) is 6.38. The molecule has 2 heterocycles. The van der Waals surface area contributed by atoms with Crippen LogP contribution in [0.4, 0.5) is 0 Å². The van der Waals surface area contributed by atoms with Crippen molar-refractivity contribution in [2.24, 2.45) is 16.3 Å². The summed E-state index contributed by atoms with van der Waals surface area (Å²) in [5.41, 5.74) is 0.206. The summed E-state index contributed by atoms with van der Waals surface area (Å²) in [7, 11) is -2.81. The molecule has 1 atom stereocenters.